The molecular formula is C15H10N2O5S. The Morgan fingerprint density at radius 1 is 1.09 bits per heavy atom. The number of thiophene rings is 1. The molecule has 1 N–H and O–H groups in total. The van der Waals surface area contributed by atoms with E-state index in [0.29, 0.717) is 10.6 Å². The summed E-state index contributed by atoms with van der Waals surface area (Å²) < 4.78 is 0. The van der Waals surface area contributed by atoms with Crippen LogP contribution in [-0.2, 0) is 9.63 Å². The fourth-order valence-corrected chi connectivity index (χ4v) is 2.67. The quantitative estimate of drug-likeness (QED) is 0.851. The predicted molar refractivity (Wildman–Crippen MR) is 79.7 cm³/mol. The predicted octanol–water partition coefficient (Wildman–Crippen LogP) is 1.23. The number of fused-ring (bicyclic) bond motifs is 1. The molecule has 0 saturated heterocycles. The molecule has 7 nitrogen and oxygen atoms in total. The van der Waals surface area contributed by atoms with Crippen LogP contribution in [-0.4, -0.2) is 35.3 Å². The third-order valence-corrected chi connectivity index (χ3v) is 3.81. The van der Waals surface area contributed by atoms with Crippen LogP contribution in [0.5, 0.6) is 0 Å². The number of rotatable bonds is 4. The largest absolute Gasteiger partial charge is 0.352 e. The summed E-state index contributed by atoms with van der Waals surface area (Å²) in [5.74, 6) is -2.76. The van der Waals surface area contributed by atoms with Gasteiger partial charge in [-0.25, -0.2) is 4.79 Å². The lowest BCUT2D eigenvalue weighted by atomic mass is 10.1. The topological polar surface area (TPSA) is 92.8 Å². The van der Waals surface area contributed by atoms with Gasteiger partial charge < -0.3 is 10.2 Å². The van der Waals surface area contributed by atoms with E-state index < -0.39 is 30.2 Å². The van der Waals surface area contributed by atoms with Crippen molar-refractivity contribution in [1.29, 1.82) is 0 Å². The second kappa shape index (κ2) is 6.01. The maximum Gasteiger partial charge on any atom is 0.352 e. The van der Waals surface area contributed by atoms with Gasteiger partial charge in [-0.2, -0.15) is 11.3 Å². The first-order valence-electron chi connectivity index (χ1n) is 6.57. The number of amides is 3. The number of hydrogen-bond donors (Lipinski definition) is 1. The zero-order valence-corrected chi connectivity index (χ0v) is 12.5. The lowest BCUT2D eigenvalue weighted by Gasteiger charge is -2.12. The van der Waals surface area contributed by atoms with Crippen LogP contribution in [0.1, 0.15) is 31.1 Å². The van der Waals surface area contributed by atoms with E-state index in [0.717, 1.165) is 0 Å². The standard InChI is InChI=1S/C15H10N2O5S/c18-12(7-16-13(19)9-5-6-23-8-9)22-17-14(20)10-3-1-2-4-11(10)15(17)21/h1-6,8H,7H2,(H,16,19). The molecular weight excluding hydrogens is 320 g/mol. The molecule has 0 spiro atoms. The minimum absolute atomic E-state index is 0.174. The summed E-state index contributed by atoms with van der Waals surface area (Å²) >= 11 is 1.35. The van der Waals surface area contributed by atoms with Crippen molar-refractivity contribution in [2.45, 2.75) is 0 Å². The number of carbonyl (C=O) groups excluding carboxylic acids is 4. The molecule has 0 aliphatic carbocycles. The number of hydroxylamine groups is 2. The summed E-state index contributed by atoms with van der Waals surface area (Å²) in [4.78, 5) is 52.2. The number of hydrogen-bond acceptors (Lipinski definition) is 6. The molecule has 8 heteroatoms. The number of nitrogens with one attached hydrogen (secondary N) is 1. The van der Waals surface area contributed by atoms with Crippen molar-refractivity contribution >= 4 is 35.0 Å². The molecule has 1 aliphatic heterocycles. The van der Waals surface area contributed by atoms with Crippen molar-refractivity contribution in [3.63, 3.8) is 0 Å². The van der Waals surface area contributed by atoms with Crippen LogP contribution in [0.4, 0.5) is 0 Å². The molecule has 0 radical (unpaired) electrons. The molecule has 1 aromatic heterocycles. The van der Waals surface area contributed by atoms with Gasteiger partial charge in [-0.3, -0.25) is 14.4 Å². The molecule has 0 fully saturated rings. The van der Waals surface area contributed by atoms with E-state index in [1.807, 2.05) is 0 Å². The molecule has 0 unspecified atom stereocenters. The minimum Gasteiger partial charge on any atom is -0.341 e. The van der Waals surface area contributed by atoms with Crippen molar-refractivity contribution in [3.05, 3.63) is 57.8 Å². The van der Waals surface area contributed by atoms with Gasteiger partial charge in [0, 0.05) is 10.9 Å². The Bertz CT molecular complexity index is 765. The van der Waals surface area contributed by atoms with Gasteiger partial charge in [0.15, 0.2) is 0 Å². The fourth-order valence-electron chi connectivity index (χ4n) is 2.03. The molecule has 2 aromatic rings. The lowest BCUT2D eigenvalue weighted by Crippen LogP contribution is -2.37. The van der Waals surface area contributed by atoms with Gasteiger partial charge in [0.1, 0.15) is 6.54 Å². The molecule has 1 aliphatic rings. The first kappa shape index (κ1) is 14.9. The van der Waals surface area contributed by atoms with Gasteiger partial charge in [-0.15, -0.1) is 0 Å². The molecule has 23 heavy (non-hydrogen) atoms. The van der Waals surface area contributed by atoms with Crippen LogP contribution < -0.4 is 5.32 Å². The summed E-state index contributed by atoms with van der Waals surface area (Å²) in [5.41, 5.74) is 0.767. The van der Waals surface area contributed by atoms with Crippen molar-refractivity contribution in [2.24, 2.45) is 0 Å². The zero-order valence-electron chi connectivity index (χ0n) is 11.6. The molecule has 1 aromatic carbocycles. The Labute approximate surface area is 134 Å². The van der Waals surface area contributed by atoms with Crippen molar-refractivity contribution in [2.75, 3.05) is 6.54 Å². The molecule has 0 bridgehead atoms. The van der Waals surface area contributed by atoms with Crippen LogP contribution in [0.25, 0.3) is 0 Å². The monoisotopic (exact) mass is 330 g/mol. The maximum atomic E-state index is 12.0. The number of carbonyl (C=O) groups is 4. The molecule has 2 heterocycles. The van der Waals surface area contributed by atoms with E-state index in [1.165, 1.54) is 23.5 Å². The van der Waals surface area contributed by atoms with Gasteiger partial charge in [-0.05, 0) is 23.6 Å². The van der Waals surface area contributed by atoms with E-state index in [1.54, 1.807) is 29.0 Å². The Hall–Kier alpha value is -3.00. The van der Waals surface area contributed by atoms with Crippen molar-refractivity contribution < 1.29 is 24.0 Å². The van der Waals surface area contributed by atoms with Crippen molar-refractivity contribution in [1.82, 2.24) is 10.4 Å². The smallest absolute Gasteiger partial charge is 0.341 e. The van der Waals surface area contributed by atoms with E-state index in [-0.39, 0.29) is 11.1 Å². The van der Waals surface area contributed by atoms with Crippen LogP contribution >= 0.6 is 11.3 Å². The van der Waals surface area contributed by atoms with Gasteiger partial charge in [0.05, 0.1) is 11.1 Å². The summed E-state index contributed by atoms with van der Waals surface area (Å²) in [6.07, 6.45) is 0. The fraction of sp³-hybridized carbons (Fsp3) is 0.0667. The van der Waals surface area contributed by atoms with Crippen molar-refractivity contribution in [3.8, 4) is 0 Å². The van der Waals surface area contributed by atoms with E-state index >= 15 is 0 Å². The maximum absolute atomic E-state index is 12.0. The van der Waals surface area contributed by atoms with Gasteiger partial charge >= 0.3 is 5.97 Å². The van der Waals surface area contributed by atoms with Gasteiger partial charge in [0.2, 0.25) is 0 Å². The summed E-state index contributed by atoms with van der Waals surface area (Å²) in [6.45, 7) is -0.456. The molecule has 3 amide bonds. The van der Waals surface area contributed by atoms with Crippen LogP contribution in [0, 0.1) is 0 Å². The second-order valence-electron chi connectivity index (χ2n) is 4.61. The first-order valence-corrected chi connectivity index (χ1v) is 7.51. The first-order chi connectivity index (χ1) is 11.1. The van der Waals surface area contributed by atoms with E-state index in [9.17, 15) is 19.2 Å². The van der Waals surface area contributed by atoms with Crippen LogP contribution in [0.15, 0.2) is 41.1 Å². The van der Waals surface area contributed by atoms with Gasteiger partial charge in [0.25, 0.3) is 17.7 Å². The minimum atomic E-state index is -0.914. The van der Waals surface area contributed by atoms with Gasteiger partial charge in [-0.1, -0.05) is 17.2 Å². The Balaban J connectivity index is 1.60. The average molecular weight is 330 g/mol. The second-order valence-corrected chi connectivity index (χ2v) is 5.39. The summed E-state index contributed by atoms with van der Waals surface area (Å²) in [5, 5.41) is 6.12. The SMILES string of the molecule is O=C(CNC(=O)c1ccsc1)ON1C(=O)c2ccccc2C1=O. The summed E-state index contributed by atoms with van der Waals surface area (Å²) in [7, 11) is 0. The highest BCUT2D eigenvalue weighted by atomic mass is 32.1. The molecule has 116 valence electrons. The zero-order chi connectivity index (χ0) is 16.4. The number of nitrogens with zero attached hydrogens (tertiary/aromatic N) is 1. The number of imide groups is 1. The third kappa shape index (κ3) is 2.84. The van der Waals surface area contributed by atoms with Crippen LogP contribution in [0.3, 0.4) is 0 Å². The molecule has 3 rings (SSSR count). The highest BCUT2D eigenvalue weighted by molar-refractivity contribution is 7.08. The molecule has 0 atom stereocenters. The summed E-state index contributed by atoms with van der Waals surface area (Å²) in [6, 6.07) is 7.77. The highest BCUT2D eigenvalue weighted by Gasteiger charge is 2.38. The van der Waals surface area contributed by atoms with E-state index in [2.05, 4.69) is 5.32 Å². The van der Waals surface area contributed by atoms with E-state index in [4.69, 9.17) is 4.84 Å². The third-order valence-electron chi connectivity index (χ3n) is 3.13. The number of benzene rings is 1. The Morgan fingerprint density at radius 3 is 2.30 bits per heavy atom. The normalized spacial score (nSPS) is 13.0. The van der Waals surface area contributed by atoms with Crippen LogP contribution in [0.2, 0.25) is 0 Å². The Kier molecular flexibility index (Phi) is 3.90. The Morgan fingerprint density at radius 2 is 1.74 bits per heavy atom. The average Bonchev–Trinajstić information content (AvgIpc) is 3.17. The lowest BCUT2D eigenvalue weighted by molar-refractivity contribution is -0.167. The molecule has 0 saturated carbocycles. The highest BCUT2D eigenvalue weighted by Crippen LogP contribution is 2.22.